The highest BCUT2D eigenvalue weighted by molar-refractivity contribution is 6.33. The molecule has 0 saturated carbocycles. The fraction of sp³-hybridized carbons (Fsp3) is 0.263. The van der Waals surface area contributed by atoms with Crippen LogP contribution in [0.15, 0.2) is 36.4 Å². The highest BCUT2D eigenvalue weighted by Gasteiger charge is 2.19. The van der Waals surface area contributed by atoms with Crippen molar-refractivity contribution in [1.29, 1.82) is 0 Å². The lowest BCUT2D eigenvalue weighted by molar-refractivity contribution is 0.326. The van der Waals surface area contributed by atoms with Gasteiger partial charge in [0, 0.05) is 27.5 Å². The Bertz CT molecular complexity index is 901. The molecule has 118 valence electrons. The van der Waals surface area contributed by atoms with Crippen LogP contribution < -0.4 is 0 Å². The fourth-order valence-corrected chi connectivity index (χ4v) is 3.91. The van der Waals surface area contributed by atoms with E-state index in [0.717, 1.165) is 46.7 Å². The van der Waals surface area contributed by atoms with Crippen molar-refractivity contribution in [3.8, 4) is 5.75 Å². The molecule has 1 aliphatic rings. The summed E-state index contributed by atoms with van der Waals surface area (Å²) < 4.78 is 0. The lowest BCUT2D eigenvalue weighted by Crippen LogP contribution is -2.18. The molecule has 0 aromatic heterocycles. The van der Waals surface area contributed by atoms with E-state index >= 15 is 0 Å². The third-order valence-corrected chi connectivity index (χ3v) is 5.17. The smallest absolute Gasteiger partial charge is 0.128 e. The van der Waals surface area contributed by atoms with E-state index in [4.69, 9.17) is 23.2 Å². The zero-order valence-electron chi connectivity index (χ0n) is 12.6. The normalized spacial score (nSPS) is 15.7. The van der Waals surface area contributed by atoms with Crippen LogP contribution in [-0.2, 0) is 6.54 Å². The summed E-state index contributed by atoms with van der Waals surface area (Å²) in [5, 5.41) is 16.1. The predicted octanol–water partition coefficient (Wildman–Crippen LogP) is 5.60. The molecule has 0 radical (unpaired) electrons. The lowest BCUT2D eigenvalue weighted by atomic mass is 9.95. The van der Waals surface area contributed by atoms with Crippen LogP contribution in [0.5, 0.6) is 5.75 Å². The molecule has 1 N–H and O–H groups in total. The van der Waals surface area contributed by atoms with Gasteiger partial charge in [0.15, 0.2) is 0 Å². The van der Waals surface area contributed by atoms with Gasteiger partial charge in [0.1, 0.15) is 5.75 Å². The van der Waals surface area contributed by atoms with Crippen molar-refractivity contribution in [2.45, 2.75) is 19.4 Å². The molecular formula is C19H17Cl2NO. The molecule has 3 aromatic rings. The van der Waals surface area contributed by atoms with Crippen LogP contribution in [0.2, 0.25) is 10.0 Å². The van der Waals surface area contributed by atoms with Gasteiger partial charge >= 0.3 is 0 Å². The Morgan fingerprint density at radius 1 is 0.826 bits per heavy atom. The van der Waals surface area contributed by atoms with E-state index in [-0.39, 0.29) is 0 Å². The minimum Gasteiger partial charge on any atom is -0.507 e. The Kier molecular flexibility index (Phi) is 3.84. The van der Waals surface area contributed by atoms with E-state index in [1.807, 2.05) is 36.4 Å². The summed E-state index contributed by atoms with van der Waals surface area (Å²) >= 11 is 12.4. The number of benzene rings is 3. The summed E-state index contributed by atoms with van der Waals surface area (Å²) in [6, 6.07) is 11.5. The van der Waals surface area contributed by atoms with Crippen molar-refractivity contribution in [1.82, 2.24) is 4.90 Å². The van der Waals surface area contributed by atoms with Crippen molar-refractivity contribution < 1.29 is 5.11 Å². The van der Waals surface area contributed by atoms with Crippen molar-refractivity contribution in [2.75, 3.05) is 13.1 Å². The number of likely N-dealkylation sites (tertiary alicyclic amines) is 1. The monoisotopic (exact) mass is 345 g/mol. The minimum absolute atomic E-state index is 0.360. The third kappa shape index (κ3) is 2.65. The first-order valence-electron chi connectivity index (χ1n) is 7.88. The second-order valence-corrected chi connectivity index (χ2v) is 7.06. The van der Waals surface area contributed by atoms with E-state index in [9.17, 15) is 5.11 Å². The largest absolute Gasteiger partial charge is 0.507 e. The quantitative estimate of drug-likeness (QED) is 0.611. The number of rotatable bonds is 2. The molecule has 0 spiro atoms. The Hall–Kier alpha value is -1.48. The number of nitrogens with zero attached hydrogens (tertiary/aromatic N) is 1. The molecule has 2 nitrogen and oxygen atoms in total. The Balaban J connectivity index is 2.02. The topological polar surface area (TPSA) is 23.5 Å². The molecule has 3 aromatic carbocycles. The summed E-state index contributed by atoms with van der Waals surface area (Å²) in [5.74, 6) is 0.360. The van der Waals surface area contributed by atoms with Gasteiger partial charge in [-0.2, -0.15) is 0 Å². The lowest BCUT2D eigenvalue weighted by Gasteiger charge is -2.19. The van der Waals surface area contributed by atoms with Gasteiger partial charge in [0.2, 0.25) is 0 Å². The predicted molar refractivity (Wildman–Crippen MR) is 97.6 cm³/mol. The molecule has 1 heterocycles. The molecule has 0 aliphatic carbocycles. The number of phenols is 1. The number of fused-ring (bicyclic) bond motifs is 3. The maximum absolute atomic E-state index is 10.9. The Morgan fingerprint density at radius 2 is 1.39 bits per heavy atom. The molecular weight excluding hydrogens is 329 g/mol. The zero-order chi connectivity index (χ0) is 16.0. The van der Waals surface area contributed by atoms with Crippen LogP contribution in [0.1, 0.15) is 18.4 Å². The molecule has 0 bridgehead atoms. The second kappa shape index (κ2) is 5.86. The van der Waals surface area contributed by atoms with E-state index < -0.39 is 0 Å². The zero-order valence-corrected chi connectivity index (χ0v) is 14.2. The van der Waals surface area contributed by atoms with Crippen LogP contribution in [0.4, 0.5) is 0 Å². The van der Waals surface area contributed by atoms with E-state index in [0.29, 0.717) is 15.8 Å². The van der Waals surface area contributed by atoms with Crippen molar-refractivity contribution >= 4 is 44.7 Å². The molecule has 0 unspecified atom stereocenters. The SMILES string of the molecule is Oc1c(CN2CCCC2)c2ccc(Cl)cc2c2cc(Cl)ccc12. The van der Waals surface area contributed by atoms with Gasteiger partial charge in [-0.1, -0.05) is 29.3 Å². The second-order valence-electron chi connectivity index (χ2n) is 6.19. The van der Waals surface area contributed by atoms with Crippen LogP contribution >= 0.6 is 23.2 Å². The van der Waals surface area contributed by atoms with E-state index in [2.05, 4.69) is 4.90 Å². The highest BCUT2D eigenvalue weighted by Crippen LogP contribution is 2.40. The van der Waals surface area contributed by atoms with Crippen LogP contribution in [0, 0.1) is 0 Å². The molecule has 0 atom stereocenters. The summed E-state index contributed by atoms with van der Waals surface area (Å²) in [7, 11) is 0. The number of hydrogen-bond donors (Lipinski definition) is 1. The van der Waals surface area contributed by atoms with E-state index in [1.54, 1.807) is 0 Å². The number of phenolic OH excluding ortho intramolecular Hbond substituents is 1. The fourth-order valence-electron chi connectivity index (χ4n) is 3.56. The first kappa shape index (κ1) is 15.1. The van der Waals surface area contributed by atoms with Gasteiger partial charge < -0.3 is 5.11 Å². The van der Waals surface area contributed by atoms with Crippen LogP contribution in [-0.4, -0.2) is 23.1 Å². The molecule has 23 heavy (non-hydrogen) atoms. The van der Waals surface area contributed by atoms with Crippen molar-refractivity contribution in [3.05, 3.63) is 52.0 Å². The first-order chi connectivity index (χ1) is 11.1. The van der Waals surface area contributed by atoms with Gasteiger partial charge in [-0.15, -0.1) is 0 Å². The summed E-state index contributed by atoms with van der Waals surface area (Å²) in [5.41, 5.74) is 0.980. The maximum atomic E-state index is 10.9. The highest BCUT2D eigenvalue weighted by atomic mass is 35.5. The summed E-state index contributed by atoms with van der Waals surface area (Å²) in [6.07, 6.45) is 2.46. The summed E-state index contributed by atoms with van der Waals surface area (Å²) in [6.45, 7) is 2.95. The first-order valence-corrected chi connectivity index (χ1v) is 8.64. The molecule has 0 amide bonds. The van der Waals surface area contributed by atoms with Gasteiger partial charge in [-0.3, -0.25) is 4.90 Å². The Labute approximate surface area is 145 Å². The number of aromatic hydroxyl groups is 1. The third-order valence-electron chi connectivity index (χ3n) is 4.70. The van der Waals surface area contributed by atoms with Crippen molar-refractivity contribution in [3.63, 3.8) is 0 Å². The minimum atomic E-state index is 0.360. The average Bonchev–Trinajstić information content (AvgIpc) is 3.04. The number of hydrogen-bond acceptors (Lipinski definition) is 2. The van der Waals surface area contributed by atoms with Crippen LogP contribution in [0.25, 0.3) is 21.5 Å². The van der Waals surface area contributed by atoms with E-state index in [1.165, 1.54) is 12.8 Å². The standard InChI is InChI=1S/C19H17Cl2NO/c20-12-3-5-14-16(9-12)17-10-13(21)4-6-15(17)19(23)18(14)11-22-7-1-2-8-22/h3-6,9-10,23H,1-2,7-8,11H2. The van der Waals surface area contributed by atoms with Gasteiger partial charge in [0.05, 0.1) is 0 Å². The molecule has 1 aliphatic heterocycles. The van der Waals surface area contributed by atoms with Gasteiger partial charge in [-0.05, 0) is 72.4 Å². The van der Waals surface area contributed by atoms with Crippen LogP contribution in [0.3, 0.4) is 0 Å². The average molecular weight is 346 g/mol. The maximum Gasteiger partial charge on any atom is 0.128 e. The summed E-state index contributed by atoms with van der Waals surface area (Å²) in [4.78, 5) is 2.39. The molecule has 1 saturated heterocycles. The van der Waals surface area contributed by atoms with Crippen molar-refractivity contribution in [2.24, 2.45) is 0 Å². The molecule has 4 heteroatoms. The van der Waals surface area contributed by atoms with Gasteiger partial charge in [-0.25, -0.2) is 0 Å². The molecule has 1 fully saturated rings. The van der Waals surface area contributed by atoms with Gasteiger partial charge in [0.25, 0.3) is 0 Å². The molecule has 4 rings (SSSR count). The Morgan fingerprint density at radius 3 is 2.04 bits per heavy atom. The number of halogens is 2.